The van der Waals surface area contributed by atoms with Crippen LogP contribution in [-0.4, -0.2) is 64.6 Å². The highest BCUT2D eigenvalue weighted by Crippen LogP contribution is 2.34. The molecule has 1 aliphatic rings. The largest absolute Gasteiger partial charge is 0.463 e. The maximum atomic E-state index is 12.3. The molecule has 0 amide bonds. The van der Waals surface area contributed by atoms with Crippen molar-refractivity contribution in [3.8, 4) is 0 Å². The zero-order valence-corrected chi connectivity index (χ0v) is 20.1. The third-order valence-corrected chi connectivity index (χ3v) is 5.97. The number of unbranched alkanes of at least 4 members (excludes halogenated alkanes) is 5. The van der Waals surface area contributed by atoms with Gasteiger partial charge in [0, 0.05) is 25.7 Å². The molecule has 1 aliphatic carbocycles. The van der Waals surface area contributed by atoms with Crippen molar-refractivity contribution >= 4 is 17.7 Å². The summed E-state index contributed by atoms with van der Waals surface area (Å²) in [5, 5.41) is 29.9. The number of allylic oxidation sites excluding steroid dienone is 1. The van der Waals surface area contributed by atoms with Gasteiger partial charge in [-0.25, -0.2) is 0 Å². The predicted molar refractivity (Wildman–Crippen MR) is 123 cm³/mol. The van der Waals surface area contributed by atoms with Crippen LogP contribution in [0.15, 0.2) is 12.2 Å². The zero-order valence-electron chi connectivity index (χ0n) is 20.1. The number of hydrogen-bond acceptors (Lipinski definition) is 8. The molecule has 0 bridgehead atoms. The van der Waals surface area contributed by atoms with E-state index in [1.54, 1.807) is 12.2 Å². The molecule has 1 rings (SSSR count). The number of rotatable bonds is 17. The molecule has 8 heteroatoms. The first kappa shape index (κ1) is 29.3. The molecule has 0 aromatic carbocycles. The first-order chi connectivity index (χ1) is 15.7. The normalized spacial score (nSPS) is 22.5. The Bertz CT molecular complexity index is 618. The van der Waals surface area contributed by atoms with Crippen LogP contribution in [0.1, 0.15) is 84.5 Å². The van der Waals surface area contributed by atoms with Crippen LogP contribution < -0.4 is 0 Å². The third-order valence-electron chi connectivity index (χ3n) is 5.97. The fourth-order valence-corrected chi connectivity index (χ4v) is 4.07. The molecule has 1 saturated carbocycles. The molecule has 0 aliphatic heterocycles. The average molecular weight is 471 g/mol. The number of carbonyl (C=O) groups is 3. The van der Waals surface area contributed by atoms with Gasteiger partial charge >= 0.3 is 11.9 Å². The summed E-state index contributed by atoms with van der Waals surface area (Å²) in [7, 11) is 0. The van der Waals surface area contributed by atoms with Crippen LogP contribution in [0.3, 0.4) is 0 Å². The Morgan fingerprint density at radius 3 is 2.45 bits per heavy atom. The minimum Gasteiger partial charge on any atom is -0.463 e. The van der Waals surface area contributed by atoms with Gasteiger partial charge in [0.25, 0.3) is 0 Å². The van der Waals surface area contributed by atoms with E-state index in [4.69, 9.17) is 4.74 Å². The van der Waals surface area contributed by atoms with Gasteiger partial charge < -0.3 is 24.8 Å². The smallest absolute Gasteiger partial charge is 0.305 e. The monoisotopic (exact) mass is 470 g/mol. The van der Waals surface area contributed by atoms with Gasteiger partial charge in [-0.1, -0.05) is 57.6 Å². The van der Waals surface area contributed by atoms with Gasteiger partial charge in [0.1, 0.15) is 25.1 Å². The Hall–Kier alpha value is -1.77. The van der Waals surface area contributed by atoms with E-state index in [1.807, 2.05) is 0 Å². The maximum absolute atomic E-state index is 12.3. The molecule has 8 nitrogen and oxygen atoms in total. The molecule has 0 unspecified atom stereocenters. The van der Waals surface area contributed by atoms with Crippen molar-refractivity contribution in [3.63, 3.8) is 0 Å². The number of aliphatic hydroxyl groups excluding tert-OH is 3. The van der Waals surface area contributed by atoms with Crippen LogP contribution in [0.5, 0.6) is 0 Å². The van der Waals surface area contributed by atoms with E-state index in [0.717, 1.165) is 44.9 Å². The van der Waals surface area contributed by atoms with Crippen LogP contribution in [0.2, 0.25) is 0 Å². The van der Waals surface area contributed by atoms with Crippen LogP contribution in [0.4, 0.5) is 0 Å². The molecule has 3 N–H and O–H groups in total. The number of esters is 2. The van der Waals surface area contributed by atoms with Gasteiger partial charge in [0.2, 0.25) is 0 Å². The highest BCUT2D eigenvalue weighted by molar-refractivity contribution is 5.86. The lowest BCUT2D eigenvalue weighted by atomic mass is 9.88. The van der Waals surface area contributed by atoms with Crippen molar-refractivity contribution < 1.29 is 39.2 Å². The number of hydrogen-bond donors (Lipinski definition) is 3. The van der Waals surface area contributed by atoms with Gasteiger partial charge in [0.15, 0.2) is 0 Å². The van der Waals surface area contributed by atoms with Crippen LogP contribution in [0, 0.1) is 11.8 Å². The van der Waals surface area contributed by atoms with Gasteiger partial charge in [-0.3, -0.25) is 14.4 Å². The number of ether oxygens (including phenoxy) is 2. The summed E-state index contributed by atoms with van der Waals surface area (Å²) in [6.07, 6.45) is 9.39. The SMILES string of the molecule is CCCCC[C@H](O)/C=C/[C@H]1C(=O)C[C@H](O)[C@@H]1CCCCCCC(=O)OC[C@H](O)COC(C)=O. The summed E-state index contributed by atoms with van der Waals surface area (Å²) in [5.74, 6) is -1.34. The quantitative estimate of drug-likeness (QED) is 0.168. The molecule has 0 saturated heterocycles. The topological polar surface area (TPSA) is 130 Å². The maximum Gasteiger partial charge on any atom is 0.305 e. The van der Waals surface area contributed by atoms with Gasteiger partial charge in [-0.05, 0) is 25.2 Å². The highest BCUT2D eigenvalue weighted by atomic mass is 16.6. The Balaban J connectivity index is 2.24. The van der Waals surface area contributed by atoms with Crippen LogP contribution in [0.25, 0.3) is 0 Å². The van der Waals surface area contributed by atoms with Crippen LogP contribution in [-0.2, 0) is 23.9 Å². The van der Waals surface area contributed by atoms with Gasteiger partial charge in [0.05, 0.1) is 12.2 Å². The lowest BCUT2D eigenvalue weighted by molar-refractivity contribution is -0.151. The molecule has 33 heavy (non-hydrogen) atoms. The molecule has 0 spiro atoms. The molecule has 0 heterocycles. The molecule has 1 fully saturated rings. The lowest BCUT2D eigenvalue weighted by Gasteiger charge is -2.19. The second-order valence-corrected chi connectivity index (χ2v) is 8.97. The summed E-state index contributed by atoms with van der Waals surface area (Å²) >= 11 is 0. The summed E-state index contributed by atoms with van der Waals surface area (Å²) in [5.41, 5.74) is 0. The van der Waals surface area contributed by atoms with Crippen molar-refractivity contribution in [2.75, 3.05) is 13.2 Å². The minimum atomic E-state index is -1.03. The van der Waals surface area contributed by atoms with Gasteiger partial charge in [-0.15, -0.1) is 0 Å². The first-order valence-corrected chi connectivity index (χ1v) is 12.3. The van der Waals surface area contributed by atoms with Crippen molar-refractivity contribution in [2.24, 2.45) is 11.8 Å². The van der Waals surface area contributed by atoms with E-state index in [9.17, 15) is 29.7 Å². The number of carbonyl (C=O) groups excluding carboxylic acids is 3. The Kier molecular flexibility index (Phi) is 14.9. The first-order valence-electron chi connectivity index (χ1n) is 12.3. The van der Waals surface area contributed by atoms with Crippen molar-refractivity contribution in [3.05, 3.63) is 12.2 Å². The highest BCUT2D eigenvalue weighted by Gasteiger charge is 2.39. The van der Waals surface area contributed by atoms with E-state index < -0.39 is 30.3 Å². The summed E-state index contributed by atoms with van der Waals surface area (Å²) in [6, 6.07) is 0. The molecule has 0 aromatic heterocycles. The second-order valence-electron chi connectivity index (χ2n) is 8.97. The number of aliphatic hydroxyl groups is 3. The molecule has 190 valence electrons. The second kappa shape index (κ2) is 16.8. The summed E-state index contributed by atoms with van der Waals surface area (Å²) < 4.78 is 9.60. The standard InChI is InChI=1S/C25H42O8/c1-3-4-7-10-19(27)13-14-22-21(23(29)15-24(22)30)11-8-5-6-9-12-25(31)33-17-20(28)16-32-18(2)26/h13-14,19-23,27-29H,3-12,15-17H2,1-2H3/b14-13+/t19-,20+,21+,22+,23-/m0/s1. The molecule has 0 aromatic rings. The van der Waals surface area contributed by atoms with E-state index >= 15 is 0 Å². The van der Waals surface area contributed by atoms with Gasteiger partial charge in [-0.2, -0.15) is 0 Å². The fraction of sp³-hybridized carbons (Fsp3) is 0.800. The molecular formula is C25H42O8. The zero-order chi connectivity index (χ0) is 24.6. The number of ketones is 1. The van der Waals surface area contributed by atoms with E-state index in [-0.39, 0.29) is 43.7 Å². The summed E-state index contributed by atoms with van der Waals surface area (Å²) in [6.45, 7) is 2.94. The van der Waals surface area contributed by atoms with Crippen molar-refractivity contribution in [1.82, 2.24) is 0 Å². The molecule has 0 radical (unpaired) electrons. The average Bonchev–Trinajstić information content (AvgIpc) is 3.03. The van der Waals surface area contributed by atoms with Crippen LogP contribution >= 0.6 is 0 Å². The Morgan fingerprint density at radius 2 is 1.76 bits per heavy atom. The predicted octanol–water partition coefficient (Wildman–Crippen LogP) is 2.86. The third kappa shape index (κ3) is 12.9. The molecule has 5 atom stereocenters. The van der Waals surface area contributed by atoms with Crippen molar-refractivity contribution in [1.29, 1.82) is 0 Å². The van der Waals surface area contributed by atoms with Crippen molar-refractivity contribution in [2.45, 2.75) is 103 Å². The number of Topliss-reactive ketones (excluding diaryl/α,β-unsaturated/α-hetero) is 1. The Labute approximate surface area is 197 Å². The summed E-state index contributed by atoms with van der Waals surface area (Å²) in [4.78, 5) is 34.7. The lowest BCUT2D eigenvalue weighted by Crippen LogP contribution is -2.24. The van der Waals surface area contributed by atoms with E-state index in [2.05, 4.69) is 11.7 Å². The van der Waals surface area contributed by atoms with E-state index in [0.29, 0.717) is 12.8 Å². The molecular weight excluding hydrogens is 428 g/mol. The minimum absolute atomic E-state index is 0.0307. The van der Waals surface area contributed by atoms with E-state index in [1.165, 1.54) is 6.92 Å². The fourth-order valence-electron chi connectivity index (χ4n) is 4.07. The Morgan fingerprint density at radius 1 is 1.06 bits per heavy atom.